The van der Waals surface area contributed by atoms with E-state index in [1.807, 2.05) is 0 Å². The minimum absolute atomic E-state index is 0.0118. The summed E-state index contributed by atoms with van der Waals surface area (Å²) in [4.78, 5) is 0. The quantitative estimate of drug-likeness (QED) is 0.793. The van der Waals surface area contributed by atoms with E-state index in [1.165, 1.54) is 19.3 Å². The van der Waals surface area contributed by atoms with Gasteiger partial charge in [-0.25, -0.2) is 0 Å². The summed E-state index contributed by atoms with van der Waals surface area (Å²) in [5.74, 6) is 0. The first-order valence-corrected chi connectivity index (χ1v) is 6.57. The molecule has 2 heteroatoms. The van der Waals surface area contributed by atoms with Crippen LogP contribution >= 0.6 is 0 Å². The zero-order valence-corrected chi connectivity index (χ0v) is 11.9. The molecule has 0 aromatic carbocycles. The molecule has 0 bridgehead atoms. The summed E-state index contributed by atoms with van der Waals surface area (Å²) in [5.41, 5.74) is 0.366. The lowest BCUT2D eigenvalue weighted by atomic mass is 9.77. The lowest BCUT2D eigenvalue weighted by Crippen LogP contribution is -2.48. The second-order valence-corrected chi connectivity index (χ2v) is 7.18. The Morgan fingerprint density at radius 2 is 1.62 bits per heavy atom. The van der Waals surface area contributed by atoms with Crippen LogP contribution in [0.5, 0.6) is 0 Å². The van der Waals surface area contributed by atoms with E-state index in [0.717, 1.165) is 13.0 Å². The van der Waals surface area contributed by atoms with Gasteiger partial charge in [0.25, 0.3) is 0 Å². The van der Waals surface area contributed by atoms with Crippen molar-refractivity contribution in [3.8, 4) is 0 Å². The Morgan fingerprint density at radius 1 is 1.06 bits per heavy atom. The third-order valence-corrected chi connectivity index (χ3v) is 3.02. The smallest absolute Gasteiger partial charge is 0.0701 e. The molecule has 0 aromatic rings. The van der Waals surface area contributed by atoms with Gasteiger partial charge in [0.15, 0.2) is 0 Å². The normalized spacial score (nSPS) is 20.6. The van der Waals surface area contributed by atoms with Crippen molar-refractivity contribution in [1.29, 1.82) is 0 Å². The molecule has 96 valence electrons. The zero-order valence-electron chi connectivity index (χ0n) is 11.9. The van der Waals surface area contributed by atoms with Crippen LogP contribution in [0.15, 0.2) is 0 Å². The first-order valence-electron chi connectivity index (χ1n) is 6.57. The van der Waals surface area contributed by atoms with Gasteiger partial charge in [-0.3, -0.25) is 0 Å². The van der Waals surface area contributed by atoms with Crippen molar-refractivity contribution in [2.75, 3.05) is 6.54 Å². The molecule has 2 nitrogen and oxygen atoms in total. The van der Waals surface area contributed by atoms with E-state index in [9.17, 15) is 0 Å². The molecule has 1 fully saturated rings. The average molecular weight is 227 g/mol. The van der Waals surface area contributed by atoms with Gasteiger partial charge in [0.1, 0.15) is 0 Å². The van der Waals surface area contributed by atoms with Gasteiger partial charge in [-0.1, -0.05) is 0 Å². The number of ether oxygens (including phenoxy) is 1. The van der Waals surface area contributed by atoms with E-state index in [4.69, 9.17) is 4.74 Å². The first-order chi connectivity index (χ1) is 7.12. The summed E-state index contributed by atoms with van der Waals surface area (Å²) >= 11 is 0. The van der Waals surface area contributed by atoms with Crippen molar-refractivity contribution in [2.24, 2.45) is 0 Å². The molecule has 1 rings (SSSR count). The van der Waals surface area contributed by atoms with Crippen molar-refractivity contribution in [3.05, 3.63) is 0 Å². The highest BCUT2D eigenvalue weighted by Gasteiger charge is 2.40. The summed E-state index contributed by atoms with van der Waals surface area (Å²) in [6, 6.07) is 0. The van der Waals surface area contributed by atoms with Gasteiger partial charge in [0, 0.05) is 5.54 Å². The molecule has 0 aromatic heterocycles. The third-order valence-electron chi connectivity index (χ3n) is 3.02. The van der Waals surface area contributed by atoms with Gasteiger partial charge >= 0.3 is 0 Å². The topological polar surface area (TPSA) is 21.3 Å². The maximum atomic E-state index is 6.24. The standard InChI is InChI=1S/C14H29NO/c1-12(2,3)15-11-10-14(8-7-9-14)16-13(4,5)6/h15H,7-11H2,1-6H3. The lowest BCUT2D eigenvalue weighted by molar-refractivity contribution is -0.174. The van der Waals surface area contributed by atoms with Crippen molar-refractivity contribution < 1.29 is 4.74 Å². The van der Waals surface area contributed by atoms with Crippen LogP contribution in [0.25, 0.3) is 0 Å². The van der Waals surface area contributed by atoms with E-state index in [0.29, 0.717) is 0 Å². The van der Waals surface area contributed by atoms with Crippen LogP contribution in [0.4, 0.5) is 0 Å². The Kier molecular flexibility index (Phi) is 4.07. The van der Waals surface area contributed by atoms with E-state index < -0.39 is 0 Å². The summed E-state index contributed by atoms with van der Waals surface area (Å²) in [7, 11) is 0. The lowest BCUT2D eigenvalue weighted by Gasteiger charge is -2.46. The van der Waals surface area contributed by atoms with E-state index in [-0.39, 0.29) is 16.7 Å². The van der Waals surface area contributed by atoms with Gasteiger partial charge in [-0.15, -0.1) is 0 Å². The Labute approximate surface area is 101 Å². The fourth-order valence-corrected chi connectivity index (χ4v) is 2.29. The summed E-state index contributed by atoms with van der Waals surface area (Å²) in [6.45, 7) is 14.2. The molecular formula is C14H29NO. The molecule has 1 N–H and O–H groups in total. The molecule has 1 aliphatic rings. The van der Waals surface area contributed by atoms with Gasteiger partial charge < -0.3 is 10.1 Å². The van der Waals surface area contributed by atoms with Gasteiger partial charge in [0.2, 0.25) is 0 Å². The second-order valence-electron chi connectivity index (χ2n) is 7.18. The van der Waals surface area contributed by atoms with Crippen molar-refractivity contribution in [3.63, 3.8) is 0 Å². The predicted octanol–water partition coefficient (Wildman–Crippen LogP) is 3.50. The van der Waals surface area contributed by atoms with Gasteiger partial charge in [-0.05, 0) is 73.8 Å². The summed E-state index contributed by atoms with van der Waals surface area (Å²) < 4.78 is 6.24. The molecule has 0 atom stereocenters. The Hall–Kier alpha value is -0.0800. The fraction of sp³-hybridized carbons (Fsp3) is 1.00. The SMILES string of the molecule is CC(C)(C)NCCC1(OC(C)(C)C)CCC1. The molecule has 0 amide bonds. The largest absolute Gasteiger partial charge is 0.369 e. The molecule has 0 spiro atoms. The molecule has 1 aliphatic carbocycles. The van der Waals surface area contributed by atoms with Crippen LogP contribution in [0.1, 0.15) is 67.2 Å². The minimum Gasteiger partial charge on any atom is -0.369 e. The van der Waals surface area contributed by atoms with Crippen LogP contribution in [0, 0.1) is 0 Å². The minimum atomic E-state index is -0.0118. The predicted molar refractivity (Wildman–Crippen MR) is 69.8 cm³/mol. The Balaban J connectivity index is 2.37. The maximum Gasteiger partial charge on any atom is 0.0701 e. The fourth-order valence-electron chi connectivity index (χ4n) is 2.29. The summed E-state index contributed by atoms with van der Waals surface area (Å²) in [5, 5.41) is 3.55. The monoisotopic (exact) mass is 227 g/mol. The molecule has 0 unspecified atom stereocenters. The number of hydrogen-bond donors (Lipinski definition) is 1. The highest BCUT2D eigenvalue weighted by molar-refractivity contribution is 4.92. The molecule has 0 radical (unpaired) electrons. The van der Waals surface area contributed by atoms with Gasteiger partial charge in [0.05, 0.1) is 11.2 Å². The van der Waals surface area contributed by atoms with E-state index in [1.54, 1.807) is 0 Å². The van der Waals surface area contributed by atoms with Crippen LogP contribution < -0.4 is 5.32 Å². The highest BCUT2D eigenvalue weighted by atomic mass is 16.5. The number of hydrogen-bond acceptors (Lipinski definition) is 2. The zero-order chi connectivity index (χ0) is 12.4. The molecule has 16 heavy (non-hydrogen) atoms. The molecule has 0 heterocycles. The van der Waals surface area contributed by atoms with Crippen molar-refractivity contribution >= 4 is 0 Å². The van der Waals surface area contributed by atoms with E-state index >= 15 is 0 Å². The Morgan fingerprint density at radius 3 is 1.94 bits per heavy atom. The second kappa shape index (κ2) is 4.66. The Bertz CT molecular complexity index is 218. The van der Waals surface area contributed by atoms with E-state index in [2.05, 4.69) is 46.9 Å². The van der Waals surface area contributed by atoms with Crippen LogP contribution in [-0.2, 0) is 4.74 Å². The molecule has 0 saturated heterocycles. The average Bonchev–Trinajstić information content (AvgIpc) is 1.94. The van der Waals surface area contributed by atoms with Crippen LogP contribution in [0.2, 0.25) is 0 Å². The van der Waals surface area contributed by atoms with Crippen LogP contribution in [0.3, 0.4) is 0 Å². The molecule has 0 aliphatic heterocycles. The van der Waals surface area contributed by atoms with Gasteiger partial charge in [-0.2, -0.15) is 0 Å². The van der Waals surface area contributed by atoms with Crippen molar-refractivity contribution in [2.45, 2.75) is 84.0 Å². The highest BCUT2D eigenvalue weighted by Crippen LogP contribution is 2.41. The number of rotatable bonds is 4. The molecular weight excluding hydrogens is 198 g/mol. The molecule has 1 saturated carbocycles. The summed E-state index contributed by atoms with van der Waals surface area (Å²) in [6.07, 6.45) is 4.93. The third kappa shape index (κ3) is 4.84. The first kappa shape index (κ1) is 14.0. The van der Waals surface area contributed by atoms with Crippen molar-refractivity contribution in [1.82, 2.24) is 5.32 Å². The van der Waals surface area contributed by atoms with Crippen LogP contribution in [-0.4, -0.2) is 23.3 Å². The maximum absolute atomic E-state index is 6.24. The number of nitrogens with one attached hydrogen (secondary N) is 1.